The fourth-order valence-electron chi connectivity index (χ4n) is 0.655. The Morgan fingerprint density at radius 2 is 1.60 bits per heavy atom. The van der Waals surface area contributed by atoms with Gasteiger partial charge in [0.15, 0.2) is 0 Å². The SMILES string of the molecule is O=[PH]([O-])[O-].O=[S](=O)(O)[Zr+2][c]1ccccc1. The van der Waals surface area contributed by atoms with E-state index in [1.54, 1.807) is 24.3 Å². The molecule has 0 aliphatic carbocycles. The fourth-order valence-corrected chi connectivity index (χ4v) is 4.76. The molecule has 0 heterocycles. The zero-order valence-electron chi connectivity index (χ0n) is 7.28. The summed E-state index contributed by atoms with van der Waals surface area (Å²) in [5.74, 6) is 0. The van der Waals surface area contributed by atoms with Crippen LogP contribution in [0.2, 0.25) is 0 Å². The molecule has 0 aromatic heterocycles. The van der Waals surface area contributed by atoms with Crippen LogP contribution < -0.4 is 13.1 Å². The molecule has 0 saturated carbocycles. The molecule has 0 unspecified atom stereocenters. The zero-order chi connectivity index (χ0) is 11.9. The second kappa shape index (κ2) is 7.44. The van der Waals surface area contributed by atoms with E-state index in [0.29, 0.717) is 0 Å². The molecule has 1 aromatic rings. The van der Waals surface area contributed by atoms with Gasteiger partial charge in [-0.2, -0.15) is 0 Å². The molecule has 0 aliphatic rings. The van der Waals surface area contributed by atoms with Crippen LogP contribution in [0.15, 0.2) is 30.3 Å². The molecule has 1 N–H and O–H groups in total. The summed E-state index contributed by atoms with van der Waals surface area (Å²) in [7, 11) is -3.63. The van der Waals surface area contributed by atoms with Crippen LogP contribution in [0.4, 0.5) is 0 Å². The van der Waals surface area contributed by atoms with Gasteiger partial charge in [0.25, 0.3) is 0 Å². The van der Waals surface area contributed by atoms with Gasteiger partial charge in [-0.15, -0.1) is 0 Å². The minimum atomic E-state index is -3.71. The predicted molar refractivity (Wildman–Crippen MR) is 46.6 cm³/mol. The van der Waals surface area contributed by atoms with E-state index in [-0.39, 0.29) is 0 Å². The van der Waals surface area contributed by atoms with Crippen LogP contribution >= 0.6 is 8.25 Å². The molecule has 1 rings (SSSR count). The van der Waals surface area contributed by atoms with Gasteiger partial charge in [-0.1, -0.05) is 8.25 Å². The molecule has 1 aromatic carbocycles. The Bertz CT molecular complexity index is 401. The summed E-state index contributed by atoms with van der Waals surface area (Å²) < 4.78 is 38.7. The topological polar surface area (TPSA) is 118 Å². The van der Waals surface area contributed by atoms with Crippen molar-refractivity contribution in [3.05, 3.63) is 30.3 Å². The van der Waals surface area contributed by atoms with E-state index in [1.165, 1.54) is 0 Å². The van der Waals surface area contributed by atoms with Crippen molar-refractivity contribution in [3.8, 4) is 0 Å². The van der Waals surface area contributed by atoms with Gasteiger partial charge in [-0.3, -0.25) is 0 Å². The molecule has 15 heavy (non-hydrogen) atoms. The second-order valence-electron chi connectivity index (χ2n) is 2.19. The first-order chi connectivity index (χ1) is 6.81. The van der Waals surface area contributed by atoms with Crippen LogP contribution in [0, 0.1) is 0 Å². The third kappa shape index (κ3) is 12.1. The summed E-state index contributed by atoms with van der Waals surface area (Å²) in [4.78, 5) is 17.0. The molecular weight excluding hydrogens is 322 g/mol. The van der Waals surface area contributed by atoms with Crippen molar-refractivity contribution in [2.24, 2.45) is 0 Å². The summed E-state index contributed by atoms with van der Waals surface area (Å²) in [6.07, 6.45) is 0. The summed E-state index contributed by atoms with van der Waals surface area (Å²) in [6, 6.07) is 8.79. The third-order valence-electron chi connectivity index (χ3n) is 1.02. The van der Waals surface area contributed by atoms with Crippen molar-refractivity contribution in [2.45, 2.75) is 0 Å². The Balaban J connectivity index is 0.000000423. The second-order valence-corrected chi connectivity index (χ2v) is 10.6. The molecule has 82 valence electrons. The number of hydrogen-bond acceptors (Lipinski definition) is 5. The van der Waals surface area contributed by atoms with Gasteiger partial charge in [0, 0.05) is 0 Å². The quantitative estimate of drug-likeness (QED) is 0.510. The maximum absolute atomic E-state index is 10.4. The first-order valence-corrected chi connectivity index (χ1v) is 10.4. The summed E-state index contributed by atoms with van der Waals surface area (Å²) >= 11 is -1.82. The van der Waals surface area contributed by atoms with Gasteiger partial charge >= 0.3 is 75.2 Å². The number of hydrogen-bond donors (Lipinski definition) is 1. The first-order valence-electron chi connectivity index (χ1n) is 3.49. The van der Waals surface area contributed by atoms with Crippen molar-refractivity contribution >= 4 is 18.4 Å². The Hall–Kier alpha value is 0.163. The summed E-state index contributed by atoms with van der Waals surface area (Å²) in [5.41, 5.74) is 0. The average molecular weight is 329 g/mol. The molecule has 0 fully saturated rings. The van der Waals surface area contributed by atoms with Crippen molar-refractivity contribution in [1.82, 2.24) is 0 Å². The van der Waals surface area contributed by atoms with Crippen LogP contribution in [0.5, 0.6) is 0 Å². The molecule has 6 nitrogen and oxygen atoms in total. The molecule has 0 saturated heterocycles. The minimum absolute atomic E-state index is 0.763. The maximum atomic E-state index is 10.4. The van der Waals surface area contributed by atoms with Gasteiger partial charge < -0.3 is 14.4 Å². The van der Waals surface area contributed by atoms with E-state index in [2.05, 4.69) is 0 Å². The molecule has 0 bridgehead atoms. The van der Waals surface area contributed by atoms with Crippen LogP contribution in [-0.2, 0) is 33.2 Å². The molecule has 0 aliphatic heterocycles. The molecule has 9 heteroatoms. The van der Waals surface area contributed by atoms with Gasteiger partial charge in [0.1, 0.15) is 0 Å². The van der Waals surface area contributed by atoms with Crippen molar-refractivity contribution in [3.63, 3.8) is 0 Å². The molecule has 0 radical (unpaired) electrons. The Morgan fingerprint density at radius 1 is 1.20 bits per heavy atom. The normalized spacial score (nSPS) is 10.1. The molecule has 0 atom stereocenters. The van der Waals surface area contributed by atoms with Crippen molar-refractivity contribution < 1.29 is 49.1 Å². The Morgan fingerprint density at radius 3 is 1.93 bits per heavy atom. The summed E-state index contributed by atoms with van der Waals surface area (Å²) in [6.45, 7) is -3.71. The third-order valence-corrected chi connectivity index (χ3v) is 5.97. The zero-order valence-corrected chi connectivity index (χ0v) is 11.6. The van der Waals surface area contributed by atoms with Crippen LogP contribution in [0.1, 0.15) is 0 Å². The Labute approximate surface area is 97.5 Å². The standard InChI is InChI=1S/C6H5.H3O3P.HO3S.Zr/c1-2-4-6-5-3-1;2*1-4(2)3;/h1-5H;4H,(H2,1,2,3);(H,1,2,3);/q;;;+2/p-2. The van der Waals surface area contributed by atoms with Crippen molar-refractivity contribution in [2.75, 3.05) is 0 Å². The van der Waals surface area contributed by atoms with Gasteiger partial charge in [0.2, 0.25) is 0 Å². The number of rotatable bonds is 2. The van der Waals surface area contributed by atoms with Crippen molar-refractivity contribution in [1.29, 1.82) is 0 Å². The van der Waals surface area contributed by atoms with E-state index in [0.717, 1.165) is 3.27 Å². The molecule has 0 amide bonds. The van der Waals surface area contributed by atoms with E-state index >= 15 is 0 Å². The van der Waals surface area contributed by atoms with E-state index in [1.807, 2.05) is 6.07 Å². The van der Waals surface area contributed by atoms with Gasteiger partial charge in [0.05, 0.1) is 0 Å². The van der Waals surface area contributed by atoms with Crippen LogP contribution in [0.3, 0.4) is 0 Å². The molecule has 0 spiro atoms. The molecular formula is C6H7O6PSZr. The predicted octanol–water partition coefficient (Wildman–Crippen LogP) is -1.71. The monoisotopic (exact) mass is 328 g/mol. The Kier molecular flexibility index (Phi) is 7.52. The van der Waals surface area contributed by atoms with E-state index in [4.69, 9.17) is 18.9 Å². The first kappa shape index (κ1) is 15.2. The van der Waals surface area contributed by atoms with Gasteiger partial charge in [-0.05, 0) is 0 Å². The number of benzene rings is 1. The van der Waals surface area contributed by atoms with Crippen LogP contribution in [-0.4, -0.2) is 13.0 Å². The van der Waals surface area contributed by atoms with Gasteiger partial charge in [-0.25, -0.2) is 0 Å². The summed E-state index contributed by atoms with van der Waals surface area (Å²) in [5, 5.41) is 0. The van der Waals surface area contributed by atoms with E-state index < -0.39 is 36.9 Å². The van der Waals surface area contributed by atoms with Crippen LogP contribution in [0.25, 0.3) is 0 Å². The average Bonchev–Trinajstić information content (AvgIpc) is 2.01. The van der Waals surface area contributed by atoms with E-state index in [9.17, 15) is 8.42 Å². The fraction of sp³-hybridized carbons (Fsp3) is 0.